The van der Waals surface area contributed by atoms with Gasteiger partial charge in [0.2, 0.25) is 0 Å². The Morgan fingerprint density at radius 2 is 2.22 bits per heavy atom. The molecule has 1 saturated carbocycles. The first-order chi connectivity index (χ1) is 8.62. The highest BCUT2D eigenvalue weighted by molar-refractivity contribution is 5.75. The Kier molecular flexibility index (Phi) is 2.50. The highest BCUT2D eigenvalue weighted by Crippen LogP contribution is 2.59. The third kappa shape index (κ3) is 1.74. The number of nitrogens with zero attached hydrogens (tertiary/aromatic N) is 2. The van der Waals surface area contributed by atoms with Gasteiger partial charge >= 0.3 is 5.97 Å². The molecule has 1 aromatic rings. The Bertz CT molecular complexity index is 484. The summed E-state index contributed by atoms with van der Waals surface area (Å²) in [5.74, 6) is -0.792. The van der Waals surface area contributed by atoms with Gasteiger partial charge in [0.1, 0.15) is 0 Å². The van der Waals surface area contributed by atoms with E-state index in [9.17, 15) is 9.18 Å². The lowest BCUT2D eigenvalue weighted by molar-refractivity contribution is -0.139. The zero-order valence-corrected chi connectivity index (χ0v) is 9.97. The van der Waals surface area contributed by atoms with Crippen molar-refractivity contribution in [3.8, 4) is 0 Å². The lowest BCUT2D eigenvalue weighted by Gasteiger charge is -2.33. The van der Waals surface area contributed by atoms with E-state index in [-0.39, 0.29) is 17.2 Å². The van der Waals surface area contributed by atoms with Crippen molar-refractivity contribution in [1.82, 2.24) is 4.98 Å². The third-order valence-corrected chi connectivity index (χ3v) is 4.29. The van der Waals surface area contributed by atoms with Crippen LogP contribution in [0.2, 0.25) is 0 Å². The molecule has 0 amide bonds. The number of pyridine rings is 1. The Morgan fingerprint density at radius 3 is 2.78 bits per heavy atom. The van der Waals surface area contributed by atoms with Crippen LogP contribution >= 0.6 is 0 Å². The lowest BCUT2D eigenvalue weighted by atomic mass is 9.91. The summed E-state index contributed by atoms with van der Waals surface area (Å²) in [5, 5.41) is 9.01. The molecule has 4 nitrogen and oxygen atoms in total. The maximum atomic E-state index is 13.6. The molecule has 0 bridgehead atoms. The first-order valence-electron chi connectivity index (χ1n) is 6.21. The molecule has 2 fully saturated rings. The molecule has 18 heavy (non-hydrogen) atoms. The van der Waals surface area contributed by atoms with E-state index in [0.717, 1.165) is 19.3 Å². The van der Waals surface area contributed by atoms with Gasteiger partial charge in [0, 0.05) is 19.3 Å². The number of aromatic nitrogens is 1. The Hall–Kier alpha value is -1.65. The molecule has 0 radical (unpaired) electrons. The molecular formula is C13H15FN2O2. The van der Waals surface area contributed by atoms with Gasteiger partial charge in [0.15, 0.2) is 11.6 Å². The molecule has 0 aromatic carbocycles. The molecule has 1 aliphatic carbocycles. The van der Waals surface area contributed by atoms with Crippen LogP contribution in [0.5, 0.6) is 0 Å². The summed E-state index contributed by atoms with van der Waals surface area (Å²) in [6, 6.07) is 2.98. The topological polar surface area (TPSA) is 53.4 Å². The molecule has 1 saturated heterocycles. The van der Waals surface area contributed by atoms with E-state index >= 15 is 0 Å². The molecule has 1 N–H and O–H groups in total. The second-order valence-electron chi connectivity index (χ2n) is 5.25. The van der Waals surface area contributed by atoms with Gasteiger partial charge in [0.05, 0.1) is 5.92 Å². The predicted octanol–water partition coefficient (Wildman–Crippen LogP) is 1.91. The van der Waals surface area contributed by atoms with Gasteiger partial charge < -0.3 is 10.0 Å². The largest absolute Gasteiger partial charge is 0.481 e. The van der Waals surface area contributed by atoms with Crippen LogP contribution in [-0.4, -0.2) is 29.1 Å². The Labute approximate surface area is 104 Å². The van der Waals surface area contributed by atoms with Crippen molar-refractivity contribution in [1.29, 1.82) is 0 Å². The molecule has 2 aliphatic rings. The zero-order chi connectivity index (χ0) is 12.8. The van der Waals surface area contributed by atoms with Crippen molar-refractivity contribution in [3.63, 3.8) is 0 Å². The van der Waals surface area contributed by atoms with Crippen molar-refractivity contribution in [2.24, 2.45) is 11.3 Å². The van der Waals surface area contributed by atoms with E-state index < -0.39 is 5.97 Å². The fourth-order valence-corrected chi connectivity index (χ4v) is 3.02. The third-order valence-electron chi connectivity index (χ3n) is 4.29. The second-order valence-corrected chi connectivity index (χ2v) is 5.25. The van der Waals surface area contributed by atoms with Crippen LogP contribution in [0.3, 0.4) is 0 Å². The summed E-state index contributed by atoms with van der Waals surface area (Å²) < 4.78 is 13.6. The van der Waals surface area contributed by atoms with E-state index in [1.54, 1.807) is 12.3 Å². The van der Waals surface area contributed by atoms with E-state index in [4.69, 9.17) is 5.11 Å². The number of carboxylic acid groups (broad SMARTS) is 1. The molecule has 1 aliphatic heterocycles. The van der Waals surface area contributed by atoms with Gasteiger partial charge in [-0.05, 0) is 36.8 Å². The first-order valence-corrected chi connectivity index (χ1v) is 6.21. The number of hydrogen-bond acceptors (Lipinski definition) is 3. The summed E-state index contributed by atoms with van der Waals surface area (Å²) in [6.45, 7) is 1.38. The van der Waals surface area contributed by atoms with E-state index in [1.165, 1.54) is 6.07 Å². The van der Waals surface area contributed by atoms with Gasteiger partial charge in [-0.1, -0.05) is 0 Å². The molecule has 5 heteroatoms. The normalized spacial score (nSPS) is 25.2. The second kappa shape index (κ2) is 3.93. The maximum Gasteiger partial charge on any atom is 0.307 e. The number of piperidine rings is 1. The Balaban J connectivity index is 1.68. The number of anilines is 1. The van der Waals surface area contributed by atoms with Crippen LogP contribution < -0.4 is 4.90 Å². The number of halogens is 1. The monoisotopic (exact) mass is 250 g/mol. The molecule has 96 valence electrons. The van der Waals surface area contributed by atoms with Crippen molar-refractivity contribution >= 4 is 11.8 Å². The molecule has 1 unspecified atom stereocenters. The molecular weight excluding hydrogens is 235 g/mol. The van der Waals surface area contributed by atoms with Crippen molar-refractivity contribution in [3.05, 3.63) is 24.1 Å². The quantitative estimate of drug-likeness (QED) is 0.871. The van der Waals surface area contributed by atoms with Gasteiger partial charge in [-0.2, -0.15) is 0 Å². The van der Waals surface area contributed by atoms with Crippen molar-refractivity contribution < 1.29 is 14.3 Å². The number of aliphatic carboxylic acids is 1. The average molecular weight is 250 g/mol. The fraction of sp³-hybridized carbons (Fsp3) is 0.538. The fourth-order valence-electron chi connectivity index (χ4n) is 3.02. The van der Waals surface area contributed by atoms with Crippen LogP contribution in [0.1, 0.15) is 19.3 Å². The predicted molar refractivity (Wildman–Crippen MR) is 63.8 cm³/mol. The lowest BCUT2D eigenvalue weighted by Crippen LogP contribution is -2.36. The average Bonchev–Trinajstić information content (AvgIpc) is 3.06. The van der Waals surface area contributed by atoms with Crippen LogP contribution in [0.15, 0.2) is 18.3 Å². The molecule has 1 spiro atoms. The van der Waals surface area contributed by atoms with Gasteiger partial charge in [-0.3, -0.25) is 4.79 Å². The highest BCUT2D eigenvalue weighted by atomic mass is 19.1. The number of hydrogen-bond donors (Lipinski definition) is 1. The van der Waals surface area contributed by atoms with Gasteiger partial charge in [-0.25, -0.2) is 9.37 Å². The standard InChI is InChI=1S/C13H15FN2O2/c14-10-2-1-5-15-11(10)16-6-3-13(4-7-16)8-9(13)12(17)18/h1-2,5,9H,3-4,6-8H2,(H,17,18). The van der Waals surface area contributed by atoms with E-state index in [0.29, 0.717) is 18.9 Å². The smallest absolute Gasteiger partial charge is 0.307 e. The first kappa shape index (κ1) is 11.4. The number of carbonyl (C=O) groups is 1. The minimum absolute atomic E-state index is 0.0202. The zero-order valence-electron chi connectivity index (χ0n) is 9.97. The molecule has 3 rings (SSSR count). The van der Waals surface area contributed by atoms with Crippen LogP contribution in [-0.2, 0) is 4.79 Å². The number of carboxylic acids is 1. The van der Waals surface area contributed by atoms with E-state index in [2.05, 4.69) is 4.98 Å². The number of rotatable bonds is 2. The van der Waals surface area contributed by atoms with Crippen LogP contribution in [0, 0.1) is 17.2 Å². The summed E-state index contributed by atoms with van der Waals surface area (Å²) in [7, 11) is 0. The van der Waals surface area contributed by atoms with Gasteiger partial charge in [-0.15, -0.1) is 0 Å². The molecule has 1 aromatic heterocycles. The SMILES string of the molecule is O=C(O)C1CC12CCN(c1ncccc1F)CC2. The molecule has 1 atom stereocenters. The summed E-state index contributed by atoms with van der Waals surface area (Å²) >= 11 is 0. The summed E-state index contributed by atoms with van der Waals surface area (Å²) in [5.41, 5.74) is -0.0202. The van der Waals surface area contributed by atoms with Crippen LogP contribution in [0.4, 0.5) is 10.2 Å². The van der Waals surface area contributed by atoms with Crippen molar-refractivity contribution in [2.45, 2.75) is 19.3 Å². The van der Waals surface area contributed by atoms with Gasteiger partial charge in [0.25, 0.3) is 0 Å². The Morgan fingerprint density at radius 1 is 1.50 bits per heavy atom. The molecule has 2 heterocycles. The van der Waals surface area contributed by atoms with Crippen LogP contribution in [0.25, 0.3) is 0 Å². The summed E-state index contributed by atoms with van der Waals surface area (Å²) in [4.78, 5) is 16.9. The minimum atomic E-state index is -0.688. The minimum Gasteiger partial charge on any atom is -0.481 e. The summed E-state index contributed by atoms with van der Waals surface area (Å²) in [6.07, 6.45) is 4.00. The highest BCUT2D eigenvalue weighted by Gasteiger charge is 2.58. The van der Waals surface area contributed by atoms with E-state index in [1.807, 2.05) is 4.90 Å². The van der Waals surface area contributed by atoms with Crippen molar-refractivity contribution in [2.75, 3.05) is 18.0 Å². The maximum absolute atomic E-state index is 13.6.